The largest absolute Gasteiger partial charge is 0.399 e. The summed E-state index contributed by atoms with van der Waals surface area (Å²) in [5.41, 5.74) is 7.97. The van der Waals surface area contributed by atoms with Gasteiger partial charge in [-0.25, -0.2) is 9.50 Å². The molecule has 4 nitrogen and oxygen atoms in total. The molecule has 3 aromatic rings. The topological polar surface area (TPSA) is 56.2 Å². The number of pyridine rings is 1. The highest BCUT2D eigenvalue weighted by atomic mass is 35.5. The second-order valence-corrected chi connectivity index (χ2v) is 4.15. The first-order chi connectivity index (χ1) is 8.22. The standard InChI is InChI=1S/C12H9ClN4/c13-9-3-1-2-8(6-9)12-15-11-7-10(14)4-5-17(11)16-12/h1-7H,14H2. The first-order valence-electron chi connectivity index (χ1n) is 5.10. The molecule has 0 radical (unpaired) electrons. The zero-order valence-electron chi connectivity index (χ0n) is 8.84. The van der Waals surface area contributed by atoms with E-state index in [-0.39, 0.29) is 0 Å². The van der Waals surface area contributed by atoms with Crippen molar-refractivity contribution in [2.75, 3.05) is 5.73 Å². The molecule has 1 aromatic carbocycles. The van der Waals surface area contributed by atoms with Gasteiger partial charge in [-0.15, -0.1) is 5.10 Å². The van der Waals surface area contributed by atoms with Crippen molar-refractivity contribution >= 4 is 22.9 Å². The molecule has 0 aliphatic carbocycles. The van der Waals surface area contributed by atoms with Crippen LogP contribution in [0.2, 0.25) is 5.02 Å². The van der Waals surface area contributed by atoms with Crippen LogP contribution in [0.1, 0.15) is 0 Å². The number of benzene rings is 1. The van der Waals surface area contributed by atoms with Crippen LogP contribution >= 0.6 is 11.6 Å². The molecule has 0 saturated heterocycles. The number of hydrogen-bond donors (Lipinski definition) is 1. The molecule has 2 heterocycles. The number of anilines is 1. The van der Waals surface area contributed by atoms with Crippen molar-refractivity contribution in [1.82, 2.24) is 14.6 Å². The Kier molecular flexibility index (Phi) is 2.23. The van der Waals surface area contributed by atoms with E-state index in [0.717, 1.165) is 11.2 Å². The third kappa shape index (κ3) is 1.83. The SMILES string of the molecule is Nc1ccn2nc(-c3cccc(Cl)c3)nc2c1. The number of nitrogens with two attached hydrogens (primary N) is 1. The molecule has 0 amide bonds. The minimum Gasteiger partial charge on any atom is -0.399 e. The normalized spacial score (nSPS) is 10.9. The number of nitrogen functional groups attached to an aromatic ring is 1. The molecule has 3 rings (SSSR count). The summed E-state index contributed by atoms with van der Waals surface area (Å²) in [6, 6.07) is 11.0. The molecule has 0 atom stereocenters. The van der Waals surface area contributed by atoms with E-state index in [9.17, 15) is 0 Å². The van der Waals surface area contributed by atoms with Gasteiger partial charge >= 0.3 is 0 Å². The molecule has 2 N–H and O–H groups in total. The smallest absolute Gasteiger partial charge is 0.182 e. The van der Waals surface area contributed by atoms with E-state index >= 15 is 0 Å². The average molecular weight is 245 g/mol. The van der Waals surface area contributed by atoms with Crippen LogP contribution in [0, 0.1) is 0 Å². The second-order valence-electron chi connectivity index (χ2n) is 3.71. The predicted molar refractivity (Wildman–Crippen MR) is 67.8 cm³/mol. The average Bonchev–Trinajstić information content (AvgIpc) is 2.72. The highest BCUT2D eigenvalue weighted by Gasteiger charge is 2.06. The van der Waals surface area contributed by atoms with Gasteiger partial charge in [0.05, 0.1) is 0 Å². The summed E-state index contributed by atoms with van der Waals surface area (Å²) in [5.74, 6) is 0.637. The van der Waals surface area contributed by atoms with Gasteiger partial charge in [0.1, 0.15) is 0 Å². The Labute approximate surface area is 103 Å². The van der Waals surface area contributed by atoms with Gasteiger partial charge in [0.2, 0.25) is 0 Å². The van der Waals surface area contributed by atoms with Crippen molar-refractivity contribution in [3.8, 4) is 11.4 Å². The molecule has 0 aliphatic heterocycles. The Balaban J connectivity index is 2.18. The maximum absolute atomic E-state index is 5.94. The zero-order valence-corrected chi connectivity index (χ0v) is 9.59. The lowest BCUT2D eigenvalue weighted by Crippen LogP contribution is -1.89. The second kappa shape index (κ2) is 3.75. The zero-order chi connectivity index (χ0) is 11.8. The summed E-state index contributed by atoms with van der Waals surface area (Å²) < 4.78 is 1.69. The van der Waals surface area contributed by atoms with Crippen LogP contribution in [0.25, 0.3) is 17.0 Å². The van der Waals surface area contributed by atoms with Crippen molar-refractivity contribution in [1.29, 1.82) is 0 Å². The fourth-order valence-corrected chi connectivity index (χ4v) is 1.84. The van der Waals surface area contributed by atoms with Crippen LogP contribution < -0.4 is 5.73 Å². The molecule has 0 unspecified atom stereocenters. The number of hydrogen-bond acceptors (Lipinski definition) is 3. The lowest BCUT2D eigenvalue weighted by Gasteiger charge is -1.94. The number of fused-ring (bicyclic) bond motifs is 1. The van der Waals surface area contributed by atoms with E-state index in [0.29, 0.717) is 16.5 Å². The van der Waals surface area contributed by atoms with E-state index in [4.69, 9.17) is 17.3 Å². The number of aromatic nitrogens is 3. The summed E-state index contributed by atoms with van der Waals surface area (Å²) in [5, 5.41) is 5.02. The molecule has 0 aliphatic rings. The predicted octanol–water partition coefficient (Wildman–Crippen LogP) is 2.63. The molecule has 5 heteroatoms. The Bertz CT molecular complexity index is 690. The minimum absolute atomic E-state index is 0.637. The van der Waals surface area contributed by atoms with Crippen molar-refractivity contribution in [2.45, 2.75) is 0 Å². The Morgan fingerprint density at radius 2 is 2.06 bits per heavy atom. The van der Waals surface area contributed by atoms with Gasteiger partial charge in [0.15, 0.2) is 11.5 Å². The van der Waals surface area contributed by atoms with Gasteiger partial charge in [-0.1, -0.05) is 23.7 Å². The van der Waals surface area contributed by atoms with Gasteiger partial charge in [0, 0.05) is 28.5 Å². The number of nitrogens with zero attached hydrogens (tertiary/aromatic N) is 3. The first-order valence-corrected chi connectivity index (χ1v) is 5.48. The Morgan fingerprint density at radius 3 is 2.88 bits per heavy atom. The molecule has 0 fully saturated rings. The maximum Gasteiger partial charge on any atom is 0.182 e. The summed E-state index contributed by atoms with van der Waals surface area (Å²) in [7, 11) is 0. The van der Waals surface area contributed by atoms with E-state index < -0.39 is 0 Å². The lowest BCUT2D eigenvalue weighted by atomic mass is 10.2. The minimum atomic E-state index is 0.637. The van der Waals surface area contributed by atoms with Crippen LogP contribution in [-0.2, 0) is 0 Å². The van der Waals surface area contributed by atoms with Gasteiger partial charge in [-0.3, -0.25) is 0 Å². The van der Waals surface area contributed by atoms with Crippen molar-refractivity contribution in [2.24, 2.45) is 0 Å². The van der Waals surface area contributed by atoms with Crippen LogP contribution in [0.3, 0.4) is 0 Å². The molecule has 84 valence electrons. The molecule has 0 bridgehead atoms. The number of rotatable bonds is 1. The third-order valence-corrected chi connectivity index (χ3v) is 2.68. The summed E-state index contributed by atoms with van der Waals surface area (Å²) in [4.78, 5) is 4.40. The molecule has 17 heavy (non-hydrogen) atoms. The molecular weight excluding hydrogens is 236 g/mol. The van der Waals surface area contributed by atoms with Gasteiger partial charge in [-0.05, 0) is 18.2 Å². The van der Waals surface area contributed by atoms with E-state index in [1.165, 1.54) is 0 Å². The first kappa shape index (κ1) is 10.1. The summed E-state index contributed by atoms with van der Waals surface area (Å²) in [6.07, 6.45) is 1.78. The van der Waals surface area contributed by atoms with Crippen LogP contribution in [0.5, 0.6) is 0 Å². The summed E-state index contributed by atoms with van der Waals surface area (Å²) >= 11 is 5.94. The van der Waals surface area contributed by atoms with Crippen molar-refractivity contribution < 1.29 is 0 Å². The van der Waals surface area contributed by atoms with Crippen molar-refractivity contribution in [3.63, 3.8) is 0 Å². The van der Waals surface area contributed by atoms with Crippen LogP contribution in [-0.4, -0.2) is 14.6 Å². The van der Waals surface area contributed by atoms with Gasteiger partial charge in [-0.2, -0.15) is 0 Å². The monoisotopic (exact) mass is 244 g/mol. The highest BCUT2D eigenvalue weighted by molar-refractivity contribution is 6.30. The van der Waals surface area contributed by atoms with Crippen LogP contribution in [0.4, 0.5) is 5.69 Å². The van der Waals surface area contributed by atoms with E-state index in [1.807, 2.05) is 24.3 Å². The Morgan fingerprint density at radius 1 is 1.18 bits per heavy atom. The van der Waals surface area contributed by atoms with E-state index in [2.05, 4.69) is 10.1 Å². The van der Waals surface area contributed by atoms with Gasteiger partial charge in [0.25, 0.3) is 0 Å². The quantitative estimate of drug-likeness (QED) is 0.716. The van der Waals surface area contributed by atoms with Gasteiger partial charge < -0.3 is 5.73 Å². The van der Waals surface area contributed by atoms with Crippen LogP contribution in [0.15, 0.2) is 42.6 Å². The molecular formula is C12H9ClN4. The molecule has 0 saturated carbocycles. The third-order valence-electron chi connectivity index (χ3n) is 2.44. The molecule has 2 aromatic heterocycles. The highest BCUT2D eigenvalue weighted by Crippen LogP contribution is 2.20. The Hall–Kier alpha value is -2.07. The summed E-state index contributed by atoms with van der Waals surface area (Å²) in [6.45, 7) is 0. The fourth-order valence-electron chi connectivity index (χ4n) is 1.65. The maximum atomic E-state index is 5.94. The lowest BCUT2D eigenvalue weighted by molar-refractivity contribution is 0.966. The molecule has 0 spiro atoms. The fraction of sp³-hybridized carbons (Fsp3) is 0. The van der Waals surface area contributed by atoms with Crippen molar-refractivity contribution in [3.05, 3.63) is 47.6 Å². The number of halogens is 1. The van der Waals surface area contributed by atoms with E-state index in [1.54, 1.807) is 22.8 Å².